The summed E-state index contributed by atoms with van der Waals surface area (Å²) in [6, 6.07) is 9.73. The molecule has 0 saturated heterocycles. The molecule has 23 heavy (non-hydrogen) atoms. The summed E-state index contributed by atoms with van der Waals surface area (Å²) in [7, 11) is 3.61. The van der Waals surface area contributed by atoms with Crippen LogP contribution in [0.15, 0.2) is 42.7 Å². The highest BCUT2D eigenvalue weighted by molar-refractivity contribution is 7.05. The second-order valence-electron chi connectivity index (χ2n) is 5.10. The van der Waals surface area contributed by atoms with E-state index in [4.69, 9.17) is 16.3 Å². The van der Waals surface area contributed by atoms with E-state index in [1.54, 1.807) is 13.3 Å². The first-order chi connectivity index (χ1) is 11.2. The van der Waals surface area contributed by atoms with E-state index in [1.807, 2.05) is 48.1 Å². The molecule has 2 aromatic heterocycles. The van der Waals surface area contributed by atoms with Gasteiger partial charge in [0.2, 0.25) is 5.88 Å². The molecule has 0 spiro atoms. The normalized spacial score (nSPS) is 12.3. The molecule has 1 N–H and O–H groups in total. The maximum absolute atomic E-state index is 6.00. The van der Waals surface area contributed by atoms with Crippen LogP contribution in [0.3, 0.4) is 0 Å². The molecule has 1 unspecified atom stereocenters. The van der Waals surface area contributed by atoms with Crippen molar-refractivity contribution in [3.63, 3.8) is 0 Å². The van der Waals surface area contributed by atoms with Crippen LogP contribution in [0, 0.1) is 0 Å². The first-order valence-electron chi connectivity index (χ1n) is 7.13. The average Bonchev–Trinajstić information content (AvgIpc) is 3.18. The summed E-state index contributed by atoms with van der Waals surface area (Å²) >= 11 is 7.43. The maximum atomic E-state index is 6.00. The lowest BCUT2D eigenvalue weighted by molar-refractivity contribution is 0.402. The molecule has 0 aliphatic rings. The van der Waals surface area contributed by atoms with Crippen molar-refractivity contribution in [3.8, 4) is 5.88 Å². The Bertz CT molecular complexity index is 768. The van der Waals surface area contributed by atoms with E-state index in [2.05, 4.69) is 14.7 Å². The lowest BCUT2D eigenvalue weighted by atomic mass is 10.1. The lowest BCUT2D eigenvalue weighted by Crippen LogP contribution is -2.24. The zero-order chi connectivity index (χ0) is 16.2. The molecule has 120 valence electrons. The summed E-state index contributed by atoms with van der Waals surface area (Å²) in [6.45, 7) is 0.682. The van der Waals surface area contributed by atoms with Crippen molar-refractivity contribution in [3.05, 3.63) is 64.0 Å². The van der Waals surface area contributed by atoms with Gasteiger partial charge < -0.3 is 9.30 Å². The van der Waals surface area contributed by atoms with Crippen LogP contribution in [0.5, 0.6) is 5.88 Å². The fourth-order valence-corrected chi connectivity index (χ4v) is 3.11. The number of benzene rings is 1. The number of nitrogens with one attached hydrogen (secondary N) is 1. The van der Waals surface area contributed by atoms with Gasteiger partial charge >= 0.3 is 0 Å². The highest BCUT2D eigenvalue weighted by Gasteiger charge is 2.18. The van der Waals surface area contributed by atoms with Crippen molar-refractivity contribution in [1.82, 2.24) is 19.2 Å². The van der Waals surface area contributed by atoms with Gasteiger partial charge in [-0.2, -0.15) is 4.37 Å². The Balaban J connectivity index is 1.83. The second-order valence-corrected chi connectivity index (χ2v) is 6.42. The van der Waals surface area contributed by atoms with Crippen molar-refractivity contribution in [1.29, 1.82) is 0 Å². The summed E-state index contributed by atoms with van der Waals surface area (Å²) in [6.07, 6.45) is 3.74. The van der Waals surface area contributed by atoms with Crippen LogP contribution in [0.25, 0.3) is 0 Å². The highest BCUT2D eigenvalue weighted by atomic mass is 35.5. The molecule has 0 aliphatic carbocycles. The van der Waals surface area contributed by atoms with Crippen molar-refractivity contribution in [2.45, 2.75) is 12.6 Å². The fraction of sp³-hybridized carbons (Fsp3) is 0.250. The monoisotopic (exact) mass is 348 g/mol. The molecular formula is C16H17ClN4OS. The SMILES string of the molecule is COc1cc(CNC(c2ccc(Cl)cc2)c2nccn2C)sn1. The number of aryl methyl sites for hydroxylation is 1. The molecule has 1 aromatic carbocycles. The largest absolute Gasteiger partial charge is 0.480 e. The summed E-state index contributed by atoms with van der Waals surface area (Å²) in [5, 5.41) is 4.26. The van der Waals surface area contributed by atoms with Crippen LogP contribution in [0.1, 0.15) is 22.3 Å². The van der Waals surface area contributed by atoms with Crippen molar-refractivity contribution in [2.24, 2.45) is 7.05 Å². The Morgan fingerprint density at radius 3 is 2.74 bits per heavy atom. The Kier molecular flexibility index (Phi) is 4.95. The van der Waals surface area contributed by atoms with E-state index in [-0.39, 0.29) is 6.04 Å². The average molecular weight is 349 g/mol. The van der Waals surface area contributed by atoms with E-state index < -0.39 is 0 Å². The molecule has 0 bridgehead atoms. The van der Waals surface area contributed by atoms with Crippen LogP contribution < -0.4 is 10.1 Å². The topological polar surface area (TPSA) is 52.0 Å². The molecular weight excluding hydrogens is 332 g/mol. The fourth-order valence-electron chi connectivity index (χ4n) is 2.34. The summed E-state index contributed by atoms with van der Waals surface area (Å²) in [5.41, 5.74) is 1.11. The predicted octanol–water partition coefficient (Wildman–Crippen LogP) is 3.42. The molecule has 5 nitrogen and oxygen atoms in total. The molecule has 0 fully saturated rings. The number of hydrogen-bond donors (Lipinski definition) is 1. The molecule has 3 rings (SSSR count). The van der Waals surface area contributed by atoms with Gasteiger partial charge in [0, 0.05) is 42.0 Å². The standard InChI is InChI=1S/C16H17ClN4OS/c1-21-8-7-18-16(21)15(11-3-5-12(17)6-4-11)19-10-13-9-14(22-2)20-23-13/h3-9,15,19H,10H2,1-2H3. The van der Waals surface area contributed by atoms with Gasteiger partial charge in [-0.25, -0.2) is 4.98 Å². The number of rotatable bonds is 6. The van der Waals surface area contributed by atoms with Crippen molar-refractivity contribution < 1.29 is 4.74 Å². The maximum Gasteiger partial charge on any atom is 0.225 e. The minimum atomic E-state index is -0.0274. The summed E-state index contributed by atoms with van der Waals surface area (Å²) < 4.78 is 11.4. The van der Waals surface area contributed by atoms with E-state index in [0.717, 1.165) is 21.3 Å². The first-order valence-corrected chi connectivity index (χ1v) is 8.28. The third-order valence-corrected chi connectivity index (χ3v) is 4.57. The zero-order valence-electron chi connectivity index (χ0n) is 12.9. The van der Waals surface area contributed by atoms with Crippen molar-refractivity contribution >= 4 is 23.1 Å². The van der Waals surface area contributed by atoms with Crippen LogP contribution in [0.2, 0.25) is 5.02 Å². The van der Waals surface area contributed by atoms with Crippen LogP contribution in [-0.4, -0.2) is 21.0 Å². The predicted molar refractivity (Wildman–Crippen MR) is 92.0 cm³/mol. The number of halogens is 1. The number of imidazole rings is 1. The number of methoxy groups -OCH3 is 1. The molecule has 0 amide bonds. The van der Waals surface area contributed by atoms with Gasteiger partial charge in [-0.1, -0.05) is 23.7 Å². The van der Waals surface area contributed by atoms with Gasteiger partial charge in [-0.05, 0) is 29.2 Å². The van der Waals surface area contributed by atoms with Crippen molar-refractivity contribution in [2.75, 3.05) is 7.11 Å². The van der Waals surface area contributed by atoms with Gasteiger partial charge in [-0.15, -0.1) is 0 Å². The van der Waals surface area contributed by atoms with Crippen LogP contribution in [0.4, 0.5) is 0 Å². The smallest absolute Gasteiger partial charge is 0.225 e. The minimum Gasteiger partial charge on any atom is -0.480 e. The molecule has 0 saturated carbocycles. The quantitative estimate of drug-likeness (QED) is 0.741. The van der Waals surface area contributed by atoms with Gasteiger partial charge in [0.15, 0.2) is 0 Å². The summed E-state index contributed by atoms with van der Waals surface area (Å²) in [5.74, 6) is 1.59. The van der Waals surface area contributed by atoms with Gasteiger partial charge in [0.25, 0.3) is 0 Å². The zero-order valence-corrected chi connectivity index (χ0v) is 14.4. The number of aromatic nitrogens is 3. The van der Waals surface area contributed by atoms with Gasteiger partial charge in [0.1, 0.15) is 5.82 Å². The number of nitrogens with zero attached hydrogens (tertiary/aromatic N) is 3. The van der Waals surface area contributed by atoms with E-state index in [9.17, 15) is 0 Å². The Hall–Kier alpha value is -1.89. The van der Waals surface area contributed by atoms with Gasteiger partial charge in [0.05, 0.1) is 13.2 Å². The van der Waals surface area contributed by atoms with E-state index in [1.165, 1.54) is 11.5 Å². The minimum absolute atomic E-state index is 0.0274. The molecule has 2 heterocycles. The lowest BCUT2D eigenvalue weighted by Gasteiger charge is -2.18. The third kappa shape index (κ3) is 3.72. The molecule has 7 heteroatoms. The van der Waals surface area contributed by atoms with Gasteiger partial charge in [-0.3, -0.25) is 5.32 Å². The third-order valence-electron chi connectivity index (χ3n) is 3.55. The number of ether oxygens (including phenoxy) is 1. The Labute approximate surface area is 144 Å². The number of hydrogen-bond acceptors (Lipinski definition) is 5. The second kappa shape index (κ2) is 7.12. The molecule has 0 aliphatic heterocycles. The first kappa shape index (κ1) is 16.0. The highest BCUT2D eigenvalue weighted by Crippen LogP contribution is 2.24. The molecule has 3 aromatic rings. The van der Waals surface area contributed by atoms with Crippen LogP contribution >= 0.6 is 23.1 Å². The Morgan fingerprint density at radius 1 is 1.35 bits per heavy atom. The Morgan fingerprint density at radius 2 is 2.13 bits per heavy atom. The van der Waals surface area contributed by atoms with Crippen LogP contribution in [-0.2, 0) is 13.6 Å². The van der Waals surface area contributed by atoms with E-state index >= 15 is 0 Å². The summed E-state index contributed by atoms with van der Waals surface area (Å²) in [4.78, 5) is 5.59. The molecule has 1 atom stereocenters. The molecule has 0 radical (unpaired) electrons. The van der Waals surface area contributed by atoms with E-state index in [0.29, 0.717) is 12.4 Å².